The monoisotopic (exact) mass is 220 g/mol. The van der Waals surface area contributed by atoms with Crippen molar-refractivity contribution in [3.8, 4) is 0 Å². The van der Waals surface area contributed by atoms with Crippen LogP contribution >= 0.6 is 0 Å². The predicted molar refractivity (Wildman–Crippen MR) is 62.4 cm³/mol. The molecule has 1 saturated heterocycles. The van der Waals surface area contributed by atoms with Gasteiger partial charge in [-0.3, -0.25) is 4.79 Å². The van der Waals surface area contributed by atoms with Crippen LogP contribution in [0.4, 0.5) is 5.82 Å². The number of piperazine rings is 1. The van der Waals surface area contributed by atoms with Gasteiger partial charge in [-0.25, -0.2) is 4.98 Å². The lowest BCUT2D eigenvalue weighted by atomic mass is 10.2. The van der Waals surface area contributed by atoms with Crippen LogP contribution in [0.25, 0.3) is 0 Å². The molecule has 0 radical (unpaired) electrons. The third kappa shape index (κ3) is 2.14. The second-order valence-corrected chi connectivity index (χ2v) is 4.04. The van der Waals surface area contributed by atoms with E-state index in [1.54, 1.807) is 18.3 Å². The maximum atomic E-state index is 11.3. The van der Waals surface area contributed by atoms with E-state index in [-0.39, 0.29) is 0 Å². The first kappa shape index (κ1) is 10.9. The van der Waals surface area contributed by atoms with E-state index in [1.165, 1.54) is 0 Å². The van der Waals surface area contributed by atoms with Gasteiger partial charge in [-0.05, 0) is 19.1 Å². The summed E-state index contributed by atoms with van der Waals surface area (Å²) in [5, 5.41) is 3.34. The van der Waals surface area contributed by atoms with Crippen LogP contribution in [0.2, 0.25) is 0 Å². The predicted octanol–water partition coefficient (Wildman–Crippen LogP) is -0.0214. The van der Waals surface area contributed by atoms with Gasteiger partial charge in [0.15, 0.2) is 0 Å². The Kier molecular flexibility index (Phi) is 3.05. The van der Waals surface area contributed by atoms with Crippen LogP contribution in [0.1, 0.15) is 17.3 Å². The normalized spacial score (nSPS) is 20.8. The second kappa shape index (κ2) is 4.49. The lowest BCUT2D eigenvalue weighted by Crippen LogP contribution is -2.50. The van der Waals surface area contributed by atoms with Crippen molar-refractivity contribution in [1.82, 2.24) is 10.3 Å². The number of carbonyl (C=O) groups is 1. The van der Waals surface area contributed by atoms with Crippen LogP contribution in [0.15, 0.2) is 18.3 Å². The summed E-state index contributed by atoms with van der Waals surface area (Å²) in [5.41, 5.74) is 5.83. The van der Waals surface area contributed by atoms with Crippen molar-refractivity contribution in [1.29, 1.82) is 0 Å². The zero-order valence-corrected chi connectivity index (χ0v) is 9.31. The molecule has 3 N–H and O–H groups in total. The number of aromatic nitrogens is 1. The van der Waals surface area contributed by atoms with Crippen molar-refractivity contribution >= 4 is 11.7 Å². The van der Waals surface area contributed by atoms with Crippen molar-refractivity contribution in [2.45, 2.75) is 13.0 Å². The Morgan fingerprint density at radius 1 is 1.69 bits per heavy atom. The van der Waals surface area contributed by atoms with Gasteiger partial charge in [-0.2, -0.15) is 0 Å². The van der Waals surface area contributed by atoms with E-state index in [9.17, 15) is 4.79 Å². The van der Waals surface area contributed by atoms with E-state index in [0.717, 1.165) is 19.6 Å². The summed E-state index contributed by atoms with van der Waals surface area (Å²) in [7, 11) is 0. The van der Waals surface area contributed by atoms with Gasteiger partial charge >= 0.3 is 0 Å². The number of carbonyl (C=O) groups excluding carboxylic acids is 1. The lowest BCUT2D eigenvalue weighted by Gasteiger charge is -2.33. The second-order valence-electron chi connectivity index (χ2n) is 4.04. The zero-order valence-electron chi connectivity index (χ0n) is 9.31. The van der Waals surface area contributed by atoms with Gasteiger partial charge < -0.3 is 16.0 Å². The number of anilines is 1. The van der Waals surface area contributed by atoms with Gasteiger partial charge in [-0.1, -0.05) is 0 Å². The highest BCUT2D eigenvalue weighted by molar-refractivity contribution is 5.97. The molecular formula is C11H16N4O. The van der Waals surface area contributed by atoms with Gasteiger partial charge in [0.25, 0.3) is 5.91 Å². The number of amides is 1. The SMILES string of the molecule is C[C@H]1CN(c2ncccc2C(N)=O)CCN1. The number of hydrogen-bond donors (Lipinski definition) is 2. The van der Waals surface area contributed by atoms with Crippen LogP contribution in [-0.2, 0) is 0 Å². The minimum atomic E-state index is -0.422. The molecule has 1 aromatic rings. The van der Waals surface area contributed by atoms with Gasteiger partial charge in [0.05, 0.1) is 5.56 Å². The first-order chi connectivity index (χ1) is 7.68. The molecule has 0 bridgehead atoms. The number of primary amides is 1. The molecule has 0 spiro atoms. The Morgan fingerprint density at radius 2 is 2.50 bits per heavy atom. The van der Waals surface area contributed by atoms with Crippen molar-refractivity contribution in [3.63, 3.8) is 0 Å². The molecule has 0 aliphatic carbocycles. The molecule has 1 atom stereocenters. The minimum Gasteiger partial charge on any atom is -0.365 e. The Labute approximate surface area is 94.6 Å². The summed E-state index contributed by atoms with van der Waals surface area (Å²) in [6.45, 7) is 4.70. The summed E-state index contributed by atoms with van der Waals surface area (Å²) < 4.78 is 0. The maximum absolute atomic E-state index is 11.3. The Hall–Kier alpha value is -1.62. The van der Waals surface area contributed by atoms with E-state index in [2.05, 4.69) is 22.1 Å². The zero-order chi connectivity index (χ0) is 11.5. The fraction of sp³-hybridized carbons (Fsp3) is 0.455. The fourth-order valence-electron chi connectivity index (χ4n) is 1.97. The van der Waals surface area contributed by atoms with Crippen molar-refractivity contribution in [3.05, 3.63) is 23.9 Å². The van der Waals surface area contributed by atoms with E-state index in [4.69, 9.17) is 5.73 Å². The number of pyridine rings is 1. The molecule has 0 aromatic carbocycles. The highest BCUT2D eigenvalue weighted by Crippen LogP contribution is 2.17. The molecule has 1 aliphatic heterocycles. The largest absolute Gasteiger partial charge is 0.365 e. The fourth-order valence-corrected chi connectivity index (χ4v) is 1.97. The molecule has 2 heterocycles. The Balaban J connectivity index is 2.28. The molecule has 0 saturated carbocycles. The third-order valence-electron chi connectivity index (χ3n) is 2.72. The Bertz CT molecular complexity index is 393. The third-order valence-corrected chi connectivity index (χ3v) is 2.72. The van der Waals surface area contributed by atoms with Crippen molar-refractivity contribution < 1.29 is 4.79 Å². The molecule has 5 heteroatoms. The van der Waals surface area contributed by atoms with Gasteiger partial charge in [0, 0.05) is 31.9 Å². The highest BCUT2D eigenvalue weighted by Gasteiger charge is 2.20. The molecule has 1 aliphatic rings. The van der Waals surface area contributed by atoms with Gasteiger partial charge in [0.1, 0.15) is 5.82 Å². The molecule has 86 valence electrons. The van der Waals surface area contributed by atoms with Crippen LogP contribution in [0.5, 0.6) is 0 Å². The number of nitrogens with one attached hydrogen (secondary N) is 1. The average Bonchev–Trinajstić information content (AvgIpc) is 2.29. The number of nitrogens with two attached hydrogens (primary N) is 1. The van der Waals surface area contributed by atoms with E-state index in [0.29, 0.717) is 17.4 Å². The summed E-state index contributed by atoms with van der Waals surface area (Å²) in [4.78, 5) is 17.6. The molecule has 16 heavy (non-hydrogen) atoms. The quantitative estimate of drug-likeness (QED) is 0.734. The molecule has 0 unspecified atom stereocenters. The number of hydrogen-bond acceptors (Lipinski definition) is 4. The molecule has 1 aromatic heterocycles. The van der Waals surface area contributed by atoms with Crippen LogP contribution in [0.3, 0.4) is 0 Å². The topological polar surface area (TPSA) is 71.2 Å². The van der Waals surface area contributed by atoms with Gasteiger partial charge in [-0.15, -0.1) is 0 Å². The maximum Gasteiger partial charge on any atom is 0.252 e. The van der Waals surface area contributed by atoms with Crippen molar-refractivity contribution in [2.75, 3.05) is 24.5 Å². The van der Waals surface area contributed by atoms with Crippen LogP contribution in [-0.4, -0.2) is 36.6 Å². The number of nitrogens with zero attached hydrogens (tertiary/aromatic N) is 2. The van der Waals surface area contributed by atoms with Gasteiger partial charge in [0.2, 0.25) is 0 Å². The average molecular weight is 220 g/mol. The molecular weight excluding hydrogens is 204 g/mol. The van der Waals surface area contributed by atoms with Crippen LogP contribution in [0, 0.1) is 0 Å². The summed E-state index contributed by atoms with van der Waals surface area (Å²) in [5.74, 6) is 0.276. The molecule has 5 nitrogen and oxygen atoms in total. The van der Waals surface area contributed by atoms with Crippen molar-refractivity contribution in [2.24, 2.45) is 5.73 Å². The first-order valence-corrected chi connectivity index (χ1v) is 5.41. The molecule has 1 fully saturated rings. The lowest BCUT2D eigenvalue weighted by molar-refractivity contribution is 0.100. The van der Waals surface area contributed by atoms with Crippen LogP contribution < -0.4 is 16.0 Å². The van der Waals surface area contributed by atoms with E-state index < -0.39 is 5.91 Å². The molecule has 2 rings (SSSR count). The summed E-state index contributed by atoms with van der Waals surface area (Å²) >= 11 is 0. The highest BCUT2D eigenvalue weighted by atomic mass is 16.1. The summed E-state index contributed by atoms with van der Waals surface area (Å²) in [6.07, 6.45) is 1.69. The summed E-state index contributed by atoms with van der Waals surface area (Å²) in [6, 6.07) is 3.85. The Morgan fingerprint density at radius 3 is 3.19 bits per heavy atom. The first-order valence-electron chi connectivity index (χ1n) is 5.41. The smallest absolute Gasteiger partial charge is 0.252 e. The minimum absolute atomic E-state index is 0.400. The van der Waals surface area contributed by atoms with E-state index >= 15 is 0 Å². The van der Waals surface area contributed by atoms with E-state index in [1.807, 2.05) is 0 Å². The molecule has 1 amide bonds. The standard InChI is InChI=1S/C11H16N4O/c1-8-7-15(6-5-13-8)11-9(10(12)16)3-2-4-14-11/h2-4,8,13H,5-7H2,1H3,(H2,12,16)/t8-/m0/s1. The number of rotatable bonds is 2.